The van der Waals surface area contributed by atoms with Crippen molar-refractivity contribution in [2.45, 2.75) is 13.0 Å². The summed E-state index contributed by atoms with van der Waals surface area (Å²) in [5.74, 6) is -0.353. The Bertz CT molecular complexity index is 1070. The van der Waals surface area contributed by atoms with E-state index in [2.05, 4.69) is 15.1 Å². The minimum atomic E-state index is -0.300. The molecule has 0 spiro atoms. The quantitative estimate of drug-likeness (QED) is 0.626. The molecule has 7 nitrogen and oxygen atoms in total. The number of aromatic nitrogens is 1. The molecule has 0 unspecified atom stereocenters. The Balaban J connectivity index is 1.20. The van der Waals surface area contributed by atoms with Gasteiger partial charge in [-0.25, -0.2) is 4.79 Å². The van der Waals surface area contributed by atoms with Crippen LogP contribution in [0.25, 0.3) is 11.1 Å². The summed E-state index contributed by atoms with van der Waals surface area (Å²) >= 11 is 6.10. The van der Waals surface area contributed by atoms with Gasteiger partial charge in [-0.2, -0.15) is 0 Å². The Labute approximate surface area is 179 Å². The van der Waals surface area contributed by atoms with E-state index in [9.17, 15) is 9.59 Å². The molecule has 8 heteroatoms. The number of nitrogens with zero attached hydrogens (tertiary/aromatic N) is 3. The molecule has 2 aromatic carbocycles. The first-order valence-corrected chi connectivity index (χ1v) is 10.6. The van der Waals surface area contributed by atoms with Crippen molar-refractivity contribution in [2.75, 3.05) is 44.6 Å². The van der Waals surface area contributed by atoms with E-state index in [0.717, 1.165) is 44.7 Å². The van der Waals surface area contributed by atoms with E-state index in [1.807, 2.05) is 36.4 Å². The highest BCUT2D eigenvalue weighted by Gasteiger charge is 2.19. The van der Waals surface area contributed by atoms with Gasteiger partial charge in [0.15, 0.2) is 5.58 Å². The largest absolute Gasteiger partial charge is 0.419 e. The third-order valence-corrected chi connectivity index (χ3v) is 5.74. The van der Waals surface area contributed by atoms with E-state index in [4.69, 9.17) is 16.0 Å². The van der Waals surface area contributed by atoms with Crippen molar-refractivity contribution in [2.24, 2.45) is 0 Å². The first-order valence-electron chi connectivity index (χ1n) is 10.2. The van der Waals surface area contributed by atoms with Gasteiger partial charge in [-0.05, 0) is 37.2 Å². The Morgan fingerprint density at radius 3 is 2.47 bits per heavy atom. The van der Waals surface area contributed by atoms with Crippen LogP contribution in [0.3, 0.4) is 0 Å². The predicted molar refractivity (Wildman–Crippen MR) is 118 cm³/mol. The predicted octanol–water partition coefficient (Wildman–Crippen LogP) is 2.89. The summed E-state index contributed by atoms with van der Waals surface area (Å²) in [6, 6.07) is 14.7. The van der Waals surface area contributed by atoms with Crippen LogP contribution in [0.1, 0.15) is 6.42 Å². The zero-order valence-corrected chi connectivity index (χ0v) is 17.5. The van der Waals surface area contributed by atoms with Crippen molar-refractivity contribution in [3.8, 4) is 0 Å². The molecule has 30 heavy (non-hydrogen) atoms. The number of oxazole rings is 1. The molecular formula is C22H25ClN4O3. The fraction of sp³-hybridized carbons (Fsp3) is 0.364. The molecule has 1 N–H and O–H groups in total. The molecule has 0 bridgehead atoms. The van der Waals surface area contributed by atoms with E-state index in [1.54, 1.807) is 16.7 Å². The van der Waals surface area contributed by atoms with Crippen LogP contribution in [0, 0.1) is 0 Å². The third kappa shape index (κ3) is 4.92. The summed E-state index contributed by atoms with van der Waals surface area (Å²) in [7, 11) is 0. The Morgan fingerprint density at radius 2 is 1.67 bits per heavy atom. The number of para-hydroxylation sites is 3. The highest BCUT2D eigenvalue weighted by atomic mass is 35.5. The van der Waals surface area contributed by atoms with Gasteiger partial charge in [-0.15, -0.1) is 0 Å². The molecule has 0 saturated carbocycles. The number of fused-ring (bicyclic) bond motifs is 1. The monoisotopic (exact) mass is 428 g/mol. The molecule has 0 atom stereocenters. The number of rotatable bonds is 7. The molecule has 1 fully saturated rings. The molecule has 158 valence electrons. The van der Waals surface area contributed by atoms with Crippen LogP contribution in [0.15, 0.2) is 57.7 Å². The van der Waals surface area contributed by atoms with E-state index in [1.165, 1.54) is 0 Å². The molecule has 1 aliphatic heterocycles. The van der Waals surface area contributed by atoms with Crippen LogP contribution in [-0.2, 0) is 11.3 Å². The number of aryl methyl sites for hydroxylation is 1. The lowest BCUT2D eigenvalue weighted by atomic mass is 10.2. The van der Waals surface area contributed by atoms with Gasteiger partial charge in [0.25, 0.3) is 0 Å². The smallest absolute Gasteiger partial charge is 0.408 e. The standard InChI is InChI=1S/C22H25ClN4O3/c23-17-6-1-2-7-18(17)24-21(28)16-26-14-12-25(13-15-26)10-5-11-27-19-8-3-4-9-20(19)30-22(27)29/h1-4,6-9H,5,10-16H2,(H,24,28). The molecule has 1 aliphatic rings. The first-order chi connectivity index (χ1) is 14.6. The summed E-state index contributed by atoms with van der Waals surface area (Å²) in [6.45, 7) is 5.38. The molecule has 2 heterocycles. The number of piperazine rings is 1. The highest BCUT2D eigenvalue weighted by Crippen LogP contribution is 2.20. The normalized spacial score (nSPS) is 15.5. The number of benzene rings is 2. The second kappa shape index (κ2) is 9.47. The third-order valence-electron chi connectivity index (χ3n) is 5.41. The summed E-state index contributed by atoms with van der Waals surface area (Å²) in [5, 5.41) is 3.41. The number of carbonyl (C=O) groups excluding carboxylic acids is 1. The SMILES string of the molecule is O=C(CN1CCN(CCCn2c(=O)oc3ccccc32)CC1)Nc1ccccc1Cl. The van der Waals surface area contributed by atoms with Crippen molar-refractivity contribution in [3.63, 3.8) is 0 Å². The molecule has 3 aromatic rings. The minimum Gasteiger partial charge on any atom is -0.408 e. The number of anilines is 1. The molecule has 1 aromatic heterocycles. The van der Waals surface area contributed by atoms with Gasteiger partial charge in [-0.1, -0.05) is 35.9 Å². The van der Waals surface area contributed by atoms with Gasteiger partial charge in [0.05, 0.1) is 22.8 Å². The first kappa shape index (κ1) is 20.7. The number of hydrogen-bond donors (Lipinski definition) is 1. The van der Waals surface area contributed by atoms with Crippen LogP contribution in [0.2, 0.25) is 5.02 Å². The lowest BCUT2D eigenvalue weighted by Crippen LogP contribution is -2.48. The van der Waals surface area contributed by atoms with E-state index < -0.39 is 0 Å². The molecular weight excluding hydrogens is 404 g/mol. The second-order valence-corrected chi connectivity index (χ2v) is 7.89. The zero-order valence-electron chi connectivity index (χ0n) is 16.7. The molecule has 1 amide bonds. The van der Waals surface area contributed by atoms with Crippen LogP contribution in [0.4, 0.5) is 5.69 Å². The lowest BCUT2D eigenvalue weighted by molar-refractivity contribution is -0.117. The van der Waals surface area contributed by atoms with Crippen LogP contribution in [-0.4, -0.2) is 59.5 Å². The van der Waals surface area contributed by atoms with Crippen molar-refractivity contribution in [1.82, 2.24) is 14.4 Å². The summed E-state index contributed by atoms with van der Waals surface area (Å²) in [5.41, 5.74) is 2.12. The molecule has 0 aliphatic carbocycles. The van der Waals surface area contributed by atoms with Gasteiger partial charge in [0, 0.05) is 32.7 Å². The fourth-order valence-electron chi connectivity index (χ4n) is 3.80. The maximum absolute atomic E-state index is 12.3. The van der Waals surface area contributed by atoms with Crippen molar-refractivity contribution in [1.29, 1.82) is 0 Å². The average Bonchev–Trinajstić information content (AvgIpc) is 3.06. The molecule has 4 rings (SSSR count). The number of carbonyl (C=O) groups is 1. The molecule has 1 saturated heterocycles. The summed E-state index contributed by atoms with van der Waals surface area (Å²) in [4.78, 5) is 28.9. The van der Waals surface area contributed by atoms with E-state index in [0.29, 0.717) is 29.4 Å². The Morgan fingerprint density at radius 1 is 0.967 bits per heavy atom. The Hall–Kier alpha value is -2.61. The maximum Gasteiger partial charge on any atom is 0.419 e. The van der Waals surface area contributed by atoms with Gasteiger partial charge < -0.3 is 14.6 Å². The van der Waals surface area contributed by atoms with Crippen molar-refractivity contribution < 1.29 is 9.21 Å². The second-order valence-electron chi connectivity index (χ2n) is 7.49. The van der Waals surface area contributed by atoms with Gasteiger partial charge in [0.2, 0.25) is 5.91 Å². The lowest BCUT2D eigenvalue weighted by Gasteiger charge is -2.34. The topological polar surface area (TPSA) is 70.7 Å². The van der Waals surface area contributed by atoms with E-state index >= 15 is 0 Å². The van der Waals surface area contributed by atoms with Gasteiger partial charge in [0.1, 0.15) is 0 Å². The summed E-state index contributed by atoms with van der Waals surface area (Å²) in [6.07, 6.45) is 0.871. The zero-order chi connectivity index (χ0) is 20.9. The number of amides is 1. The number of hydrogen-bond acceptors (Lipinski definition) is 5. The van der Waals surface area contributed by atoms with Gasteiger partial charge >= 0.3 is 5.76 Å². The average molecular weight is 429 g/mol. The van der Waals surface area contributed by atoms with Gasteiger partial charge in [-0.3, -0.25) is 14.3 Å². The molecule has 0 radical (unpaired) electrons. The minimum absolute atomic E-state index is 0.0530. The van der Waals surface area contributed by atoms with Crippen LogP contribution < -0.4 is 11.1 Å². The van der Waals surface area contributed by atoms with Crippen LogP contribution in [0.5, 0.6) is 0 Å². The highest BCUT2D eigenvalue weighted by molar-refractivity contribution is 6.33. The van der Waals surface area contributed by atoms with Crippen LogP contribution >= 0.6 is 11.6 Å². The van der Waals surface area contributed by atoms with E-state index in [-0.39, 0.29) is 11.7 Å². The summed E-state index contributed by atoms with van der Waals surface area (Å²) < 4.78 is 6.98. The van der Waals surface area contributed by atoms with Crippen molar-refractivity contribution in [3.05, 3.63) is 64.1 Å². The number of nitrogens with one attached hydrogen (secondary N) is 1. The van der Waals surface area contributed by atoms with Crippen molar-refractivity contribution >= 4 is 34.3 Å². The maximum atomic E-state index is 12.3. The number of halogens is 1. The fourth-order valence-corrected chi connectivity index (χ4v) is 3.99. The Kier molecular flexibility index (Phi) is 6.52.